The van der Waals surface area contributed by atoms with Gasteiger partial charge in [-0.15, -0.1) is 11.3 Å². The van der Waals surface area contributed by atoms with Crippen molar-refractivity contribution in [2.24, 2.45) is 0 Å². The zero-order chi connectivity index (χ0) is 23.4. The van der Waals surface area contributed by atoms with E-state index < -0.39 is 26.0 Å². The van der Waals surface area contributed by atoms with Crippen LogP contribution in [0.5, 0.6) is 5.75 Å². The standard InChI is InChI=1S/C20H21N3O6S3/c1-29-19-12-15(8-9-18(19)23-31(2,25)26)22-20(24)14-5-3-7-17(11-14)32(27,28)21-13-16-6-4-10-30-16/h3-12,21,23H,13H2,1-2H3,(H,22,24). The predicted octanol–water partition coefficient (Wildman–Crippen LogP) is 2.86. The van der Waals surface area contributed by atoms with E-state index in [1.165, 1.54) is 60.9 Å². The number of nitrogens with one attached hydrogen (secondary N) is 3. The van der Waals surface area contributed by atoms with Crippen LogP contribution in [0.4, 0.5) is 11.4 Å². The lowest BCUT2D eigenvalue weighted by Gasteiger charge is -2.13. The fourth-order valence-corrected chi connectivity index (χ4v) is 5.08. The summed E-state index contributed by atoms with van der Waals surface area (Å²) >= 11 is 1.44. The fourth-order valence-electron chi connectivity index (χ4n) is 2.72. The Kier molecular flexibility index (Phi) is 7.19. The molecule has 0 bridgehead atoms. The summed E-state index contributed by atoms with van der Waals surface area (Å²) in [4.78, 5) is 13.5. The number of amides is 1. The zero-order valence-electron chi connectivity index (χ0n) is 17.2. The number of sulfonamides is 2. The molecular weight excluding hydrogens is 474 g/mol. The molecule has 1 amide bonds. The van der Waals surface area contributed by atoms with Gasteiger partial charge in [0.15, 0.2) is 0 Å². The summed E-state index contributed by atoms with van der Waals surface area (Å²) in [5.41, 5.74) is 0.703. The van der Waals surface area contributed by atoms with Crippen LogP contribution in [0.15, 0.2) is 64.9 Å². The van der Waals surface area contributed by atoms with Crippen molar-refractivity contribution < 1.29 is 26.4 Å². The second-order valence-corrected chi connectivity index (χ2v) is 11.2. The van der Waals surface area contributed by atoms with Crippen LogP contribution < -0.4 is 19.5 Å². The average molecular weight is 496 g/mol. The molecule has 0 fully saturated rings. The fraction of sp³-hybridized carbons (Fsp3) is 0.150. The first-order valence-corrected chi connectivity index (χ1v) is 13.4. The number of carbonyl (C=O) groups excluding carboxylic acids is 1. The quantitative estimate of drug-likeness (QED) is 0.418. The molecule has 0 aliphatic carbocycles. The van der Waals surface area contributed by atoms with Crippen molar-refractivity contribution in [1.82, 2.24) is 4.72 Å². The molecule has 3 N–H and O–H groups in total. The number of carbonyl (C=O) groups is 1. The van der Waals surface area contributed by atoms with E-state index in [1.807, 2.05) is 17.5 Å². The summed E-state index contributed by atoms with van der Waals surface area (Å²) in [7, 11) is -5.95. The summed E-state index contributed by atoms with van der Waals surface area (Å²) < 4.78 is 58.1. The highest BCUT2D eigenvalue weighted by atomic mass is 32.2. The second kappa shape index (κ2) is 9.69. The van der Waals surface area contributed by atoms with Crippen LogP contribution in [0.25, 0.3) is 0 Å². The highest BCUT2D eigenvalue weighted by Crippen LogP contribution is 2.29. The molecule has 3 aromatic rings. The Morgan fingerprint density at radius 3 is 2.47 bits per heavy atom. The van der Waals surface area contributed by atoms with Gasteiger partial charge in [-0.2, -0.15) is 0 Å². The first-order valence-electron chi connectivity index (χ1n) is 9.17. The van der Waals surface area contributed by atoms with Gasteiger partial charge in [0, 0.05) is 28.7 Å². The molecular formula is C20H21N3O6S3. The maximum atomic E-state index is 12.7. The SMILES string of the molecule is COc1cc(NC(=O)c2cccc(S(=O)(=O)NCc3cccs3)c2)ccc1NS(C)(=O)=O. The van der Waals surface area contributed by atoms with Crippen molar-refractivity contribution in [1.29, 1.82) is 0 Å². The van der Waals surface area contributed by atoms with Crippen molar-refractivity contribution in [3.63, 3.8) is 0 Å². The summed E-state index contributed by atoms with van der Waals surface area (Å²) in [6, 6.07) is 13.7. The monoisotopic (exact) mass is 495 g/mol. The van der Waals surface area contributed by atoms with Gasteiger partial charge in [-0.3, -0.25) is 9.52 Å². The number of anilines is 2. The third kappa shape index (κ3) is 6.29. The molecule has 0 unspecified atom stereocenters. The predicted molar refractivity (Wildman–Crippen MR) is 124 cm³/mol. The molecule has 1 heterocycles. The third-order valence-electron chi connectivity index (χ3n) is 4.18. The highest BCUT2D eigenvalue weighted by Gasteiger charge is 2.17. The number of thiophene rings is 1. The van der Waals surface area contributed by atoms with Crippen LogP contribution in [0.2, 0.25) is 0 Å². The summed E-state index contributed by atoms with van der Waals surface area (Å²) in [6.45, 7) is 0.157. The van der Waals surface area contributed by atoms with Crippen molar-refractivity contribution in [3.05, 3.63) is 70.4 Å². The van der Waals surface area contributed by atoms with Crippen LogP contribution in [-0.2, 0) is 26.6 Å². The lowest BCUT2D eigenvalue weighted by molar-refractivity contribution is 0.102. The van der Waals surface area contributed by atoms with E-state index >= 15 is 0 Å². The van der Waals surface area contributed by atoms with Gasteiger partial charge < -0.3 is 10.1 Å². The lowest BCUT2D eigenvalue weighted by atomic mass is 10.2. The molecule has 0 spiro atoms. The number of rotatable bonds is 9. The Balaban J connectivity index is 1.76. The maximum Gasteiger partial charge on any atom is 0.255 e. The molecule has 2 aromatic carbocycles. The van der Waals surface area contributed by atoms with Crippen LogP contribution >= 0.6 is 11.3 Å². The Hall–Kier alpha value is -2.93. The Bertz CT molecular complexity index is 1320. The molecule has 0 aliphatic heterocycles. The molecule has 1 aromatic heterocycles. The zero-order valence-corrected chi connectivity index (χ0v) is 19.6. The molecule has 0 saturated carbocycles. The number of ether oxygens (including phenoxy) is 1. The van der Waals surface area contributed by atoms with Gasteiger partial charge in [0.05, 0.1) is 23.9 Å². The first kappa shape index (κ1) is 23.7. The van der Waals surface area contributed by atoms with E-state index in [0.29, 0.717) is 5.69 Å². The average Bonchev–Trinajstić information content (AvgIpc) is 3.26. The van der Waals surface area contributed by atoms with Gasteiger partial charge in [-0.25, -0.2) is 21.6 Å². The van der Waals surface area contributed by atoms with E-state index in [4.69, 9.17) is 4.74 Å². The van der Waals surface area contributed by atoms with Crippen LogP contribution in [-0.4, -0.2) is 36.1 Å². The van der Waals surface area contributed by atoms with Gasteiger partial charge in [-0.1, -0.05) is 12.1 Å². The molecule has 0 atom stereocenters. The highest BCUT2D eigenvalue weighted by molar-refractivity contribution is 7.92. The van der Waals surface area contributed by atoms with Crippen molar-refractivity contribution in [3.8, 4) is 5.75 Å². The molecule has 0 aliphatic rings. The van der Waals surface area contributed by atoms with Crippen molar-refractivity contribution in [2.45, 2.75) is 11.4 Å². The molecule has 170 valence electrons. The molecule has 3 rings (SSSR count). The van der Waals surface area contributed by atoms with E-state index in [-0.39, 0.29) is 28.4 Å². The van der Waals surface area contributed by atoms with Crippen molar-refractivity contribution in [2.75, 3.05) is 23.4 Å². The van der Waals surface area contributed by atoms with E-state index in [1.54, 1.807) is 0 Å². The smallest absolute Gasteiger partial charge is 0.255 e. The first-order chi connectivity index (χ1) is 15.1. The largest absolute Gasteiger partial charge is 0.494 e. The minimum atomic E-state index is -3.81. The number of hydrogen-bond donors (Lipinski definition) is 3. The third-order valence-corrected chi connectivity index (χ3v) is 7.04. The van der Waals surface area contributed by atoms with Gasteiger partial charge in [0.1, 0.15) is 5.75 Å². The summed E-state index contributed by atoms with van der Waals surface area (Å²) in [6.07, 6.45) is 1.01. The molecule has 32 heavy (non-hydrogen) atoms. The Morgan fingerprint density at radius 1 is 1.03 bits per heavy atom. The maximum absolute atomic E-state index is 12.7. The van der Waals surface area contributed by atoms with Gasteiger partial charge >= 0.3 is 0 Å². The van der Waals surface area contributed by atoms with Crippen LogP contribution in [0.1, 0.15) is 15.2 Å². The Labute approximate surface area is 190 Å². The lowest BCUT2D eigenvalue weighted by Crippen LogP contribution is -2.23. The van der Waals surface area contributed by atoms with Crippen LogP contribution in [0.3, 0.4) is 0 Å². The Morgan fingerprint density at radius 2 is 1.81 bits per heavy atom. The van der Waals surface area contributed by atoms with E-state index in [2.05, 4.69) is 14.8 Å². The minimum Gasteiger partial charge on any atom is -0.494 e. The van der Waals surface area contributed by atoms with Gasteiger partial charge in [0.25, 0.3) is 5.91 Å². The van der Waals surface area contributed by atoms with Gasteiger partial charge in [0.2, 0.25) is 20.0 Å². The molecule has 9 nitrogen and oxygen atoms in total. The normalized spacial score (nSPS) is 11.7. The van der Waals surface area contributed by atoms with E-state index in [9.17, 15) is 21.6 Å². The molecule has 0 saturated heterocycles. The summed E-state index contributed by atoms with van der Waals surface area (Å²) in [5.74, 6) is -0.325. The second-order valence-electron chi connectivity index (χ2n) is 6.68. The molecule has 0 radical (unpaired) electrons. The van der Waals surface area contributed by atoms with Gasteiger partial charge in [-0.05, 0) is 41.8 Å². The number of methoxy groups -OCH3 is 1. The number of benzene rings is 2. The minimum absolute atomic E-state index is 0.0352. The van der Waals surface area contributed by atoms with Crippen molar-refractivity contribution >= 4 is 48.7 Å². The number of hydrogen-bond acceptors (Lipinski definition) is 7. The van der Waals surface area contributed by atoms with E-state index in [0.717, 1.165) is 11.1 Å². The molecule has 12 heteroatoms. The topological polar surface area (TPSA) is 131 Å². The van der Waals surface area contributed by atoms with Crippen LogP contribution in [0, 0.1) is 0 Å². The summed E-state index contributed by atoms with van der Waals surface area (Å²) in [5, 5.41) is 4.50.